The van der Waals surface area contributed by atoms with Crippen molar-refractivity contribution >= 4 is 5.97 Å². The lowest BCUT2D eigenvalue weighted by Crippen LogP contribution is -2.26. The van der Waals surface area contributed by atoms with Gasteiger partial charge in [-0.15, -0.1) is 0 Å². The Bertz CT molecular complexity index is 381. The number of hydrogen-bond donors (Lipinski definition) is 2. The van der Waals surface area contributed by atoms with Crippen molar-refractivity contribution in [3.63, 3.8) is 0 Å². The van der Waals surface area contributed by atoms with Crippen LogP contribution in [0.1, 0.15) is 38.0 Å². The van der Waals surface area contributed by atoms with Crippen LogP contribution in [0.3, 0.4) is 0 Å². The van der Waals surface area contributed by atoms with E-state index in [1.54, 1.807) is 20.8 Å². The second-order valence-electron chi connectivity index (χ2n) is 4.79. The molecule has 0 radical (unpaired) electrons. The zero-order chi connectivity index (χ0) is 12.3. The van der Waals surface area contributed by atoms with Gasteiger partial charge >= 0.3 is 5.97 Å². The fraction of sp³-hybridized carbons (Fsp3) is 0.462. The van der Waals surface area contributed by atoms with E-state index in [0.29, 0.717) is 6.42 Å². The summed E-state index contributed by atoms with van der Waals surface area (Å²) in [4.78, 5) is 11.0. The van der Waals surface area contributed by atoms with Crippen LogP contribution >= 0.6 is 0 Å². The van der Waals surface area contributed by atoms with Crippen molar-refractivity contribution in [2.75, 3.05) is 0 Å². The lowest BCUT2D eigenvalue weighted by molar-refractivity contribution is -0.146. The van der Waals surface area contributed by atoms with Gasteiger partial charge in [-0.2, -0.15) is 0 Å². The van der Waals surface area contributed by atoms with Crippen molar-refractivity contribution in [3.8, 4) is 0 Å². The molecule has 0 aliphatic carbocycles. The van der Waals surface area contributed by atoms with E-state index < -0.39 is 17.5 Å². The molecule has 1 aromatic rings. The van der Waals surface area contributed by atoms with Crippen molar-refractivity contribution in [2.45, 2.75) is 33.3 Å². The number of hydrogen-bond acceptors (Lipinski definition) is 2. The molecular weight excluding hydrogens is 204 g/mol. The third-order valence-corrected chi connectivity index (χ3v) is 2.66. The molecule has 16 heavy (non-hydrogen) atoms. The van der Waals surface area contributed by atoms with Gasteiger partial charge in [-0.3, -0.25) is 4.79 Å². The standard InChI is InChI=1S/C13H18O3/c1-9(14)11-6-4-5-10(7-11)8-13(2,3)12(15)16/h4-7,9,14H,8H2,1-3H3,(H,15,16). The van der Waals surface area contributed by atoms with E-state index in [9.17, 15) is 9.90 Å². The van der Waals surface area contributed by atoms with Crippen LogP contribution in [-0.2, 0) is 11.2 Å². The number of benzene rings is 1. The number of rotatable bonds is 4. The van der Waals surface area contributed by atoms with Gasteiger partial charge in [0.15, 0.2) is 0 Å². The largest absolute Gasteiger partial charge is 0.481 e. The minimum Gasteiger partial charge on any atom is -0.481 e. The highest BCUT2D eigenvalue weighted by atomic mass is 16.4. The quantitative estimate of drug-likeness (QED) is 0.822. The Balaban J connectivity index is 2.90. The SMILES string of the molecule is CC(O)c1cccc(CC(C)(C)C(=O)O)c1. The fourth-order valence-electron chi connectivity index (χ4n) is 1.55. The van der Waals surface area contributed by atoms with Crippen molar-refractivity contribution in [1.82, 2.24) is 0 Å². The summed E-state index contributed by atoms with van der Waals surface area (Å²) in [6, 6.07) is 7.42. The smallest absolute Gasteiger partial charge is 0.309 e. The van der Waals surface area contributed by atoms with Crippen LogP contribution in [0.25, 0.3) is 0 Å². The lowest BCUT2D eigenvalue weighted by atomic mass is 9.85. The van der Waals surface area contributed by atoms with Gasteiger partial charge < -0.3 is 10.2 Å². The number of aliphatic hydroxyl groups excluding tert-OH is 1. The Morgan fingerprint density at radius 2 is 2.06 bits per heavy atom. The molecule has 0 heterocycles. The molecule has 0 bridgehead atoms. The molecule has 0 saturated heterocycles. The summed E-state index contributed by atoms with van der Waals surface area (Å²) < 4.78 is 0. The van der Waals surface area contributed by atoms with Crippen molar-refractivity contribution in [3.05, 3.63) is 35.4 Å². The molecule has 1 aromatic carbocycles. The molecule has 0 aliphatic heterocycles. The average Bonchev–Trinajstić information content (AvgIpc) is 2.17. The van der Waals surface area contributed by atoms with E-state index in [0.717, 1.165) is 11.1 Å². The van der Waals surface area contributed by atoms with Crippen LogP contribution in [0.4, 0.5) is 0 Å². The number of aliphatic carboxylic acids is 1. The highest BCUT2D eigenvalue weighted by molar-refractivity contribution is 5.74. The number of carbonyl (C=O) groups is 1. The third kappa shape index (κ3) is 3.07. The maximum atomic E-state index is 11.0. The molecule has 88 valence electrons. The Labute approximate surface area is 95.7 Å². The normalized spacial score (nSPS) is 13.5. The van der Waals surface area contributed by atoms with Gasteiger partial charge in [-0.1, -0.05) is 24.3 Å². The van der Waals surface area contributed by atoms with Crippen LogP contribution in [0.15, 0.2) is 24.3 Å². The number of aliphatic hydroxyl groups is 1. The molecular formula is C13H18O3. The summed E-state index contributed by atoms with van der Waals surface area (Å²) in [5.41, 5.74) is 0.974. The van der Waals surface area contributed by atoms with E-state index in [1.165, 1.54) is 0 Å². The molecule has 0 aliphatic rings. The van der Waals surface area contributed by atoms with Gasteiger partial charge in [0.2, 0.25) is 0 Å². The first-order chi connectivity index (χ1) is 7.33. The molecule has 2 N–H and O–H groups in total. The second-order valence-corrected chi connectivity index (χ2v) is 4.79. The van der Waals surface area contributed by atoms with Crippen LogP contribution in [-0.4, -0.2) is 16.2 Å². The Morgan fingerprint density at radius 1 is 1.44 bits per heavy atom. The van der Waals surface area contributed by atoms with E-state index in [-0.39, 0.29) is 0 Å². The fourth-order valence-corrected chi connectivity index (χ4v) is 1.55. The van der Waals surface area contributed by atoms with Gasteiger partial charge in [0.1, 0.15) is 0 Å². The van der Waals surface area contributed by atoms with E-state index >= 15 is 0 Å². The molecule has 3 nitrogen and oxygen atoms in total. The monoisotopic (exact) mass is 222 g/mol. The highest BCUT2D eigenvalue weighted by Crippen LogP contribution is 2.23. The zero-order valence-electron chi connectivity index (χ0n) is 9.90. The van der Waals surface area contributed by atoms with Crippen molar-refractivity contribution < 1.29 is 15.0 Å². The van der Waals surface area contributed by atoms with Gasteiger partial charge in [-0.05, 0) is 38.3 Å². The summed E-state index contributed by atoms with van der Waals surface area (Å²) in [6.45, 7) is 5.09. The second kappa shape index (κ2) is 4.66. The first kappa shape index (κ1) is 12.7. The third-order valence-electron chi connectivity index (χ3n) is 2.66. The average molecular weight is 222 g/mol. The Kier molecular flexibility index (Phi) is 3.70. The van der Waals surface area contributed by atoms with E-state index in [1.807, 2.05) is 24.3 Å². The molecule has 1 rings (SSSR count). The van der Waals surface area contributed by atoms with Gasteiger partial charge in [0.25, 0.3) is 0 Å². The Hall–Kier alpha value is -1.35. The topological polar surface area (TPSA) is 57.5 Å². The summed E-state index contributed by atoms with van der Waals surface area (Å²) in [7, 11) is 0. The van der Waals surface area contributed by atoms with Crippen molar-refractivity contribution in [1.29, 1.82) is 0 Å². The molecule has 0 amide bonds. The van der Waals surface area contributed by atoms with Crippen LogP contribution in [0.2, 0.25) is 0 Å². The van der Waals surface area contributed by atoms with Gasteiger partial charge in [0.05, 0.1) is 11.5 Å². The minimum absolute atomic E-state index is 0.461. The maximum absolute atomic E-state index is 11.0. The molecule has 3 heteroatoms. The first-order valence-electron chi connectivity index (χ1n) is 5.33. The number of carboxylic acid groups (broad SMARTS) is 1. The molecule has 0 saturated carbocycles. The van der Waals surface area contributed by atoms with Gasteiger partial charge in [-0.25, -0.2) is 0 Å². The molecule has 1 unspecified atom stereocenters. The van der Waals surface area contributed by atoms with Crippen LogP contribution in [0.5, 0.6) is 0 Å². The highest BCUT2D eigenvalue weighted by Gasteiger charge is 2.27. The molecule has 0 fully saturated rings. The van der Waals surface area contributed by atoms with Crippen LogP contribution < -0.4 is 0 Å². The summed E-state index contributed by atoms with van der Waals surface area (Å²) in [5, 5.41) is 18.5. The Morgan fingerprint density at radius 3 is 2.56 bits per heavy atom. The zero-order valence-corrected chi connectivity index (χ0v) is 9.90. The summed E-state index contributed by atoms with van der Waals surface area (Å²) in [6.07, 6.45) is -0.0593. The predicted molar refractivity (Wildman–Crippen MR) is 62.2 cm³/mol. The van der Waals surface area contributed by atoms with E-state index in [2.05, 4.69) is 0 Å². The predicted octanol–water partition coefficient (Wildman–Crippen LogP) is 2.39. The molecule has 0 aromatic heterocycles. The number of carboxylic acids is 1. The van der Waals surface area contributed by atoms with Crippen molar-refractivity contribution in [2.24, 2.45) is 5.41 Å². The summed E-state index contributed by atoms with van der Waals surface area (Å²) in [5.74, 6) is -0.810. The maximum Gasteiger partial charge on any atom is 0.309 e. The van der Waals surface area contributed by atoms with Gasteiger partial charge in [0, 0.05) is 0 Å². The van der Waals surface area contributed by atoms with Crippen LogP contribution in [0, 0.1) is 5.41 Å². The minimum atomic E-state index is -0.810. The molecule has 0 spiro atoms. The first-order valence-corrected chi connectivity index (χ1v) is 5.33. The lowest BCUT2D eigenvalue weighted by Gasteiger charge is -2.19. The summed E-state index contributed by atoms with van der Waals surface area (Å²) >= 11 is 0. The molecule has 1 atom stereocenters. The van der Waals surface area contributed by atoms with E-state index in [4.69, 9.17) is 5.11 Å².